The molecule has 1 aromatic rings. The molecule has 0 aliphatic carbocycles. The van der Waals surface area contributed by atoms with Crippen LogP contribution >= 0.6 is 12.6 Å². The molecule has 0 heterocycles. The van der Waals surface area contributed by atoms with Crippen LogP contribution in [0.2, 0.25) is 0 Å². The van der Waals surface area contributed by atoms with Crippen molar-refractivity contribution in [3.05, 3.63) is 34.4 Å². The van der Waals surface area contributed by atoms with E-state index in [0.717, 1.165) is 0 Å². The predicted octanol–water partition coefficient (Wildman–Crippen LogP) is -2.03. The summed E-state index contributed by atoms with van der Waals surface area (Å²) >= 11 is 3.90. The number of rotatable bonds is 1. The molecular weight excluding hydrogens is 304 g/mol. The molecule has 0 radical (unpaired) electrons. The molecule has 0 bridgehead atoms. The second-order valence-corrected chi connectivity index (χ2v) is 2.23. The van der Waals surface area contributed by atoms with Gasteiger partial charge in [-0.05, 0) is 6.07 Å². The van der Waals surface area contributed by atoms with E-state index < -0.39 is 4.92 Å². The zero-order chi connectivity index (χ0) is 7.56. The van der Waals surface area contributed by atoms with E-state index in [-0.39, 0.29) is 42.0 Å². The van der Waals surface area contributed by atoms with E-state index >= 15 is 0 Å². The summed E-state index contributed by atoms with van der Waals surface area (Å²) in [5.41, 5.74) is 0.0471. The van der Waals surface area contributed by atoms with Gasteiger partial charge in [-0.25, -0.2) is 0 Å². The Morgan fingerprint density at radius 3 is 2.17 bits per heavy atom. The Bertz CT molecular complexity index is 271. The molecule has 64 valence electrons. The molecule has 0 unspecified atom stereocenters. The van der Waals surface area contributed by atoms with Gasteiger partial charge in [-0.1, -0.05) is 12.1 Å². The van der Waals surface area contributed by atoms with Gasteiger partial charge >= 0.3 is 23.9 Å². The number of nitro groups is 1. The second kappa shape index (κ2) is 6.56. The molecule has 0 aliphatic rings. The molecule has 0 N–H and O–H groups in total. The molecule has 0 spiro atoms. The number of halogens is 1. The zero-order valence-electron chi connectivity index (χ0n) is 6.11. The summed E-state index contributed by atoms with van der Waals surface area (Å²) in [7, 11) is 0. The summed E-state index contributed by atoms with van der Waals surface area (Å²) < 4.78 is 0. The van der Waals surface area contributed by atoms with Crippen LogP contribution in [0, 0.1) is 10.1 Å². The average molecular weight is 311 g/mol. The van der Waals surface area contributed by atoms with Crippen molar-refractivity contribution in [1.29, 1.82) is 0 Å². The van der Waals surface area contributed by atoms with E-state index in [9.17, 15) is 10.1 Å². The Balaban J connectivity index is 0. The molecule has 12 heavy (non-hydrogen) atoms. The van der Waals surface area contributed by atoms with Crippen molar-refractivity contribution in [3.63, 3.8) is 0 Å². The first-order valence-corrected chi connectivity index (χ1v) is 3.09. The van der Waals surface area contributed by atoms with Crippen LogP contribution in [0.5, 0.6) is 0 Å². The summed E-state index contributed by atoms with van der Waals surface area (Å²) in [6, 6.07) is 6.32. The van der Waals surface area contributed by atoms with Crippen molar-refractivity contribution in [2.45, 2.75) is 4.90 Å². The van der Waals surface area contributed by atoms with Crippen LogP contribution in [0.3, 0.4) is 0 Å². The molecule has 0 aliphatic heterocycles. The number of hydrogen-bond donors (Lipinski definition) is 1. The van der Waals surface area contributed by atoms with E-state index in [1.54, 1.807) is 18.2 Å². The normalized spacial score (nSPS) is 7.75. The van der Waals surface area contributed by atoms with Gasteiger partial charge < -0.3 is 12.4 Å². The number of thiol groups is 1. The molecule has 6 heteroatoms. The summed E-state index contributed by atoms with van der Waals surface area (Å²) in [6.07, 6.45) is 0. The van der Waals surface area contributed by atoms with Crippen molar-refractivity contribution in [3.8, 4) is 0 Å². The number of nitrogens with zero attached hydrogens (tertiary/aromatic N) is 1. The molecular formula is C6H7ClNO2SSn+. The van der Waals surface area contributed by atoms with Crippen LogP contribution in [0.15, 0.2) is 29.2 Å². The first-order valence-electron chi connectivity index (χ1n) is 2.64. The fourth-order valence-corrected chi connectivity index (χ4v) is 0.861. The van der Waals surface area contributed by atoms with Gasteiger partial charge in [-0.15, -0.1) is 12.6 Å². The Labute approximate surface area is 98.5 Å². The number of benzene rings is 1. The predicted molar refractivity (Wildman–Crippen MR) is 48.9 cm³/mol. The number of para-hydroxylation sites is 1. The monoisotopic (exact) mass is 312 g/mol. The van der Waals surface area contributed by atoms with Crippen LogP contribution in [0.1, 0.15) is 0 Å². The summed E-state index contributed by atoms with van der Waals surface area (Å²) in [6.45, 7) is 0. The Morgan fingerprint density at radius 2 is 1.83 bits per heavy atom. The Kier molecular flexibility index (Phi) is 7.97. The van der Waals surface area contributed by atoms with E-state index in [4.69, 9.17) is 0 Å². The fraction of sp³-hybridized carbons (Fsp3) is 0. The summed E-state index contributed by atoms with van der Waals surface area (Å²) in [4.78, 5) is 10.1. The van der Waals surface area contributed by atoms with Crippen LogP contribution in [-0.2, 0) is 0 Å². The van der Waals surface area contributed by atoms with Gasteiger partial charge in [0.15, 0.2) is 0 Å². The van der Waals surface area contributed by atoms with Gasteiger partial charge in [-0.3, -0.25) is 10.1 Å². The van der Waals surface area contributed by atoms with Gasteiger partial charge in [0.25, 0.3) is 5.69 Å². The summed E-state index contributed by atoms with van der Waals surface area (Å²) in [5.74, 6) is 0. The van der Waals surface area contributed by atoms with Gasteiger partial charge in [0, 0.05) is 6.07 Å². The minimum atomic E-state index is -0.456. The number of nitro benzene ring substituents is 1. The third kappa shape index (κ3) is 3.64. The molecule has 3 nitrogen and oxygen atoms in total. The molecule has 0 fully saturated rings. The van der Waals surface area contributed by atoms with Crippen molar-refractivity contribution >= 4 is 42.2 Å². The standard InChI is InChI=1S/C6H5NO2S.ClH.Sn.2H/c8-7(9)5-3-1-2-4-6(5)10;;;;/h1-4,10H;1H;;;/q;;+2;;/p-1. The Hall–Kier alpha value is 0.0587. The van der Waals surface area contributed by atoms with Gasteiger partial charge in [0.05, 0.1) is 9.82 Å². The van der Waals surface area contributed by atoms with Gasteiger partial charge in [0.1, 0.15) is 0 Å². The van der Waals surface area contributed by atoms with Crippen molar-refractivity contribution < 1.29 is 17.3 Å². The maximum absolute atomic E-state index is 10.2. The van der Waals surface area contributed by atoms with Crippen LogP contribution < -0.4 is 12.4 Å². The number of hydrogen-bond acceptors (Lipinski definition) is 3. The third-order valence-electron chi connectivity index (χ3n) is 1.08. The molecule has 0 saturated carbocycles. The topological polar surface area (TPSA) is 43.1 Å². The van der Waals surface area contributed by atoms with Gasteiger partial charge in [0.2, 0.25) is 0 Å². The molecule has 0 saturated heterocycles. The second-order valence-electron chi connectivity index (χ2n) is 1.75. The van der Waals surface area contributed by atoms with Crippen molar-refractivity contribution in [1.82, 2.24) is 0 Å². The third-order valence-corrected chi connectivity index (χ3v) is 1.46. The van der Waals surface area contributed by atoms with E-state index in [1.165, 1.54) is 6.07 Å². The molecule has 0 amide bonds. The van der Waals surface area contributed by atoms with Crippen LogP contribution in [0.25, 0.3) is 0 Å². The van der Waals surface area contributed by atoms with E-state index in [0.29, 0.717) is 4.90 Å². The molecule has 0 aromatic heterocycles. The van der Waals surface area contributed by atoms with Crippen LogP contribution in [-0.4, -0.2) is 28.8 Å². The SMILES string of the molecule is O=[N+]([O-])c1ccccc1S.[Cl-].[SnH2+2]. The van der Waals surface area contributed by atoms with Crippen LogP contribution in [0.4, 0.5) is 5.69 Å². The van der Waals surface area contributed by atoms with Crippen molar-refractivity contribution in [2.24, 2.45) is 0 Å². The van der Waals surface area contributed by atoms with Gasteiger partial charge in [-0.2, -0.15) is 0 Å². The van der Waals surface area contributed by atoms with E-state index in [2.05, 4.69) is 12.6 Å². The average Bonchev–Trinajstić information content (AvgIpc) is 1.88. The summed E-state index contributed by atoms with van der Waals surface area (Å²) in [5, 5.41) is 10.2. The zero-order valence-corrected chi connectivity index (χ0v) is 11.8. The Morgan fingerprint density at radius 1 is 1.33 bits per heavy atom. The van der Waals surface area contributed by atoms with Crippen molar-refractivity contribution in [2.75, 3.05) is 0 Å². The maximum atomic E-state index is 10.2. The molecule has 1 rings (SSSR count). The fourth-order valence-electron chi connectivity index (χ4n) is 0.619. The minimum absolute atomic E-state index is 0. The molecule has 0 atom stereocenters. The first-order chi connectivity index (χ1) is 4.72. The quantitative estimate of drug-likeness (QED) is 0.281. The van der Waals surface area contributed by atoms with E-state index in [1.807, 2.05) is 0 Å². The first kappa shape index (κ1) is 14.6. The molecule has 1 aromatic carbocycles.